The largest absolute Gasteiger partial charge is 0.370 e. The minimum Gasteiger partial charge on any atom is -0.370 e. The predicted molar refractivity (Wildman–Crippen MR) is 52.1 cm³/mol. The Bertz CT molecular complexity index is 161. The van der Waals surface area contributed by atoms with E-state index in [0.717, 1.165) is 25.4 Å². The smallest absolute Gasteiger partial charge is 0.190 e. The first-order valence-electron chi connectivity index (χ1n) is 4.75. The lowest BCUT2D eigenvalue weighted by atomic mass is 10.3. The zero-order valence-electron chi connectivity index (χ0n) is 8.08. The highest BCUT2D eigenvalue weighted by molar-refractivity contribution is 5.77. The van der Waals surface area contributed by atoms with E-state index in [1.807, 2.05) is 0 Å². The van der Waals surface area contributed by atoms with E-state index in [2.05, 4.69) is 16.8 Å². The highest BCUT2D eigenvalue weighted by Crippen LogP contribution is 2.29. The molecule has 0 atom stereocenters. The SMILES string of the molecule is CCCN(CC1CC1)C(N)=NC. The second-order valence-electron chi connectivity index (χ2n) is 3.47. The Labute approximate surface area is 74.6 Å². The summed E-state index contributed by atoms with van der Waals surface area (Å²) in [6, 6.07) is 0. The van der Waals surface area contributed by atoms with Gasteiger partial charge < -0.3 is 10.6 Å². The van der Waals surface area contributed by atoms with Gasteiger partial charge in [-0.1, -0.05) is 6.92 Å². The molecule has 70 valence electrons. The topological polar surface area (TPSA) is 41.6 Å². The van der Waals surface area contributed by atoms with Crippen LogP contribution in [0.2, 0.25) is 0 Å². The number of rotatable bonds is 4. The predicted octanol–water partition coefficient (Wildman–Crippen LogP) is 1.05. The van der Waals surface area contributed by atoms with Gasteiger partial charge in [0.2, 0.25) is 0 Å². The van der Waals surface area contributed by atoms with Crippen molar-refractivity contribution in [3.63, 3.8) is 0 Å². The van der Waals surface area contributed by atoms with Gasteiger partial charge in [0.25, 0.3) is 0 Å². The fourth-order valence-electron chi connectivity index (χ4n) is 1.32. The third-order valence-electron chi connectivity index (χ3n) is 2.22. The molecule has 0 aliphatic heterocycles. The third kappa shape index (κ3) is 2.72. The van der Waals surface area contributed by atoms with Crippen LogP contribution in [0.1, 0.15) is 26.2 Å². The number of guanidine groups is 1. The highest BCUT2D eigenvalue weighted by atomic mass is 15.2. The Morgan fingerprint density at radius 2 is 2.25 bits per heavy atom. The van der Waals surface area contributed by atoms with Gasteiger partial charge >= 0.3 is 0 Å². The van der Waals surface area contributed by atoms with Gasteiger partial charge in [0.1, 0.15) is 0 Å². The Morgan fingerprint density at radius 3 is 2.67 bits per heavy atom. The van der Waals surface area contributed by atoms with Gasteiger partial charge in [0.15, 0.2) is 5.96 Å². The first-order chi connectivity index (χ1) is 5.77. The van der Waals surface area contributed by atoms with Crippen molar-refractivity contribution < 1.29 is 0 Å². The molecule has 0 heterocycles. The van der Waals surface area contributed by atoms with Gasteiger partial charge in [-0.3, -0.25) is 4.99 Å². The van der Waals surface area contributed by atoms with E-state index in [1.165, 1.54) is 12.8 Å². The number of hydrogen-bond donors (Lipinski definition) is 1. The summed E-state index contributed by atoms with van der Waals surface area (Å²) in [5, 5.41) is 0. The average Bonchev–Trinajstić information content (AvgIpc) is 2.86. The van der Waals surface area contributed by atoms with Crippen molar-refractivity contribution in [3.05, 3.63) is 0 Å². The van der Waals surface area contributed by atoms with Crippen LogP contribution in [-0.4, -0.2) is 31.0 Å². The van der Waals surface area contributed by atoms with Gasteiger partial charge in [0, 0.05) is 20.1 Å². The van der Waals surface area contributed by atoms with Crippen molar-refractivity contribution in [3.8, 4) is 0 Å². The van der Waals surface area contributed by atoms with Gasteiger partial charge in [-0.05, 0) is 25.2 Å². The Kier molecular flexibility index (Phi) is 3.38. The van der Waals surface area contributed by atoms with Crippen LogP contribution in [0.4, 0.5) is 0 Å². The zero-order chi connectivity index (χ0) is 8.97. The van der Waals surface area contributed by atoms with Crippen LogP contribution in [0.15, 0.2) is 4.99 Å². The number of hydrogen-bond acceptors (Lipinski definition) is 1. The monoisotopic (exact) mass is 169 g/mol. The molecule has 0 spiro atoms. The number of nitrogens with zero attached hydrogens (tertiary/aromatic N) is 2. The molecule has 1 fully saturated rings. The first-order valence-corrected chi connectivity index (χ1v) is 4.75. The van der Waals surface area contributed by atoms with Crippen molar-refractivity contribution in [2.45, 2.75) is 26.2 Å². The molecule has 0 unspecified atom stereocenters. The summed E-state index contributed by atoms with van der Waals surface area (Å²) in [4.78, 5) is 6.20. The van der Waals surface area contributed by atoms with E-state index < -0.39 is 0 Å². The maximum Gasteiger partial charge on any atom is 0.190 e. The van der Waals surface area contributed by atoms with Gasteiger partial charge in [-0.15, -0.1) is 0 Å². The number of nitrogens with two attached hydrogens (primary N) is 1. The standard InChI is InChI=1S/C9H19N3/c1-3-6-12(9(10)11-2)7-8-4-5-8/h8H,3-7H2,1-2H3,(H2,10,11). The Balaban J connectivity index is 2.35. The molecule has 12 heavy (non-hydrogen) atoms. The minimum atomic E-state index is 0.698. The average molecular weight is 169 g/mol. The second kappa shape index (κ2) is 4.33. The molecule has 0 saturated heterocycles. The maximum atomic E-state index is 5.76. The summed E-state index contributed by atoms with van der Waals surface area (Å²) in [6.45, 7) is 4.32. The van der Waals surface area contributed by atoms with E-state index in [4.69, 9.17) is 5.73 Å². The van der Waals surface area contributed by atoms with Crippen molar-refractivity contribution in [2.75, 3.05) is 20.1 Å². The molecule has 1 rings (SSSR count). The molecule has 1 aliphatic carbocycles. The molecule has 1 saturated carbocycles. The third-order valence-corrected chi connectivity index (χ3v) is 2.22. The first kappa shape index (κ1) is 9.36. The molecule has 0 amide bonds. The normalized spacial score (nSPS) is 18.0. The van der Waals surface area contributed by atoms with Crippen LogP contribution in [0, 0.1) is 5.92 Å². The summed E-state index contributed by atoms with van der Waals surface area (Å²) in [5.74, 6) is 1.58. The van der Waals surface area contributed by atoms with E-state index in [1.54, 1.807) is 7.05 Å². The molecular formula is C9H19N3. The summed E-state index contributed by atoms with van der Waals surface area (Å²) < 4.78 is 0. The van der Waals surface area contributed by atoms with Crippen LogP contribution >= 0.6 is 0 Å². The lowest BCUT2D eigenvalue weighted by molar-refractivity contribution is 0.394. The lowest BCUT2D eigenvalue weighted by Crippen LogP contribution is -2.39. The maximum absolute atomic E-state index is 5.76. The van der Waals surface area contributed by atoms with Gasteiger partial charge in [-0.2, -0.15) is 0 Å². The molecule has 0 radical (unpaired) electrons. The van der Waals surface area contributed by atoms with Crippen molar-refractivity contribution in [1.29, 1.82) is 0 Å². The van der Waals surface area contributed by atoms with Crippen LogP contribution in [0.25, 0.3) is 0 Å². The van der Waals surface area contributed by atoms with Crippen molar-refractivity contribution in [1.82, 2.24) is 4.90 Å². The molecule has 0 aromatic carbocycles. The van der Waals surface area contributed by atoms with Crippen molar-refractivity contribution >= 4 is 5.96 Å². The number of aliphatic imine (C=N–C) groups is 1. The fraction of sp³-hybridized carbons (Fsp3) is 0.889. The summed E-state index contributed by atoms with van der Waals surface area (Å²) in [7, 11) is 1.75. The Hall–Kier alpha value is -0.730. The molecule has 1 aliphatic rings. The van der Waals surface area contributed by atoms with Gasteiger partial charge in [-0.25, -0.2) is 0 Å². The molecular weight excluding hydrogens is 150 g/mol. The molecule has 3 heteroatoms. The van der Waals surface area contributed by atoms with E-state index in [9.17, 15) is 0 Å². The van der Waals surface area contributed by atoms with Crippen LogP contribution < -0.4 is 5.73 Å². The van der Waals surface area contributed by atoms with Crippen LogP contribution in [0.5, 0.6) is 0 Å². The second-order valence-corrected chi connectivity index (χ2v) is 3.47. The van der Waals surface area contributed by atoms with E-state index >= 15 is 0 Å². The Morgan fingerprint density at radius 1 is 1.58 bits per heavy atom. The quantitative estimate of drug-likeness (QED) is 0.505. The molecule has 0 bridgehead atoms. The summed E-state index contributed by atoms with van der Waals surface area (Å²) in [5.41, 5.74) is 5.76. The minimum absolute atomic E-state index is 0.698. The van der Waals surface area contributed by atoms with Crippen LogP contribution in [-0.2, 0) is 0 Å². The summed E-state index contributed by atoms with van der Waals surface area (Å²) >= 11 is 0. The zero-order valence-corrected chi connectivity index (χ0v) is 8.08. The molecule has 2 N–H and O–H groups in total. The van der Waals surface area contributed by atoms with Crippen LogP contribution in [0.3, 0.4) is 0 Å². The fourth-order valence-corrected chi connectivity index (χ4v) is 1.32. The summed E-state index contributed by atoms with van der Waals surface area (Å²) in [6.07, 6.45) is 3.89. The molecule has 0 aromatic rings. The van der Waals surface area contributed by atoms with Gasteiger partial charge in [0.05, 0.1) is 0 Å². The van der Waals surface area contributed by atoms with E-state index in [0.29, 0.717) is 5.96 Å². The van der Waals surface area contributed by atoms with Crippen molar-refractivity contribution in [2.24, 2.45) is 16.6 Å². The highest BCUT2D eigenvalue weighted by Gasteiger charge is 2.24. The lowest BCUT2D eigenvalue weighted by Gasteiger charge is -2.22. The molecule has 3 nitrogen and oxygen atoms in total. The molecule has 0 aromatic heterocycles. The van der Waals surface area contributed by atoms with E-state index in [-0.39, 0.29) is 0 Å².